The van der Waals surface area contributed by atoms with E-state index in [-0.39, 0.29) is 6.61 Å². The zero-order valence-corrected chi connectivity index (χ0v) is 15.0. The van der Waals surface area contributed by atoms with Gasteiger partial charge in [0.15, 0.2) is 12.3 Å². The Morgan fingerprint density at radius 3 is 2.88 bits per heavy atom. The molecule has 1 aromatic carbocycles. The van der Waals surface area contributed by atoms with Crippen LogP contribution in [0.1, 0.15) is 42.8 Å². The minimum Gasteiger partial charge on any atom is -0.442 e. The fourth-order valence-electron chi connectivity index (χ4n) is 2.69. The summed E-state index contributed by atoms with van der Waals surface area (Å²) in [7, 11) is 0. The molecule has 0 spiro atoms. The number of nitrogens with zero attached hydrogens (tertiary/aromatic N) is 4. The van der Waals surface area contributed by atoms with Crippen LogP contribution in [0.4, 0.5) is 10.5 Å². The van der Waals surface area contributed by atoms with Crippen molar-refractivity contribution in [3.05, 3.63) is 46.7 Å². The summed E-state index contributed by atoms with van der Waals surface area (Å²) in [5.74, 6) is 1.05. The summed E-state index contributed by atoms with van der Waals surface area (Å²) in [6.45, 7) is 9.89. The van der Waals surface area contributed by atoms with Crippen LogP contribution in [0.25, 0.3) is 4.85 Å². The van der Waals surface area contributed by atoms with Gasteiger partial charge < -0.3 is 15.0 Å². The molecular formula is C18H17N5O2S. The number of primary amides is 1. The monoisotopic (exact) mass is 367 g/mol. The molecule has 2 aromatic rings. The Kier molecular flexibility index (Phi) is 5.15. The number of aromatic nitrogens is 2. The van der Waals surface area contributed by atoms with Gasteiger partial charge in [-0.1, -0.05) is 11.8 Å². The number of hydrogen-bond donors (Lipinski definition) is 1. The van der Waals surface area contributed by atoms with Gasteiger partial charge in [-0.05, 0) is 38.0 Å². The van der Waals surface area contributed by atoms with Crippen molar-refractivity contribution in [2.45, 2.75) is 48.8 Å². The maximum absolute atomic E-state index is 10.9. The van der Waals surface area contributed by atoms with Crippen LogP contribution in [0.3, 0.4) is 0 Å². The standard InChI is InChI=1S/C18H17N5O2S/c1-3-23-15(10-25-18(20)24)22-16(12-4-5-12)17(23)26-14-7-11(9-19)6-13(8-14)21-2/h6-8,12H,3-5,10H2,1H3,(H2,20,24). The Labute approximate surface area is 155 Å². The molecule has 1 aliphatic rings. The first-order valence-corrected chi connectivity index (χ1v) is 8.99. The van der Waals surface area contributed by atoms with Crippen LogP contribution in [0.5, 0.6) is 0 Å². The second kappa shape index (κ2) is 7.51. The third-order valence-electron chi connectivity index (χ3n) is 4.01. The molecule has 0 saturated heterocycles. The van der Waals surface area contributed by atoms with Gasteiger partial charge in [0.25, 0.3) is 0 Å². The van der Waals surface area contributed by atoms with Crippen LogP contribution in [0.15, 0.2) is 28.1 Å². The van der Waals surface area contributed by atoms with Gasteiger partial charge in [0.05, 0.1) is 18.3 Å². The lowest BCUT2D eigenvalue weighted by molar-refractivity contribution is 0.145. The number of carbonyl (C=O) groups excluding carboxylic acids is 1. The molecule has 1 saturated carbocycles. The topological polar surface area (TPSA) is 98.3 Å². The maximum Gasteiger partial charge on any atom is 0.404 e. The van der Waals surface area contributed by atoms with Crippen molar-refractivity contribution in [3.63, 3.8) is 0 Å². The number of rotatable bonds is 6. The van der Waals surface area contributed by atoms with Crippen LogP contribution < -0.4 is 5.73 Å². The zero-order valence-electron chi connectivity index (χ0n) is 14.2. The van der Waals surface area contributed by atoms with E-state index in [0.29, 0.717) is 29.5 Å². The van der Waals surface area contributed by atoms with Crippen molar-refractivity contribution in [2.75, 3.05) is 0 Å². The van der Waals surface area contributed by atoms with Gasteiger partial charge in [0.1, 0.15) is 10.9 Å². The Bertz CT molecular complexity index is 902. The molecule has 132 valence electrons. The predicted octanol–water partition coefficient (Wildman–Crippen LogP) is 3.95. The molecule has 0 unspecified atom stereocenters. The summed E-state index contributed by atoms with van der Waals surface area (Å²) < 4.78 is 6.92. The summed E-state index contributed by atoms with van der Waals surface area (Å²) in [6, 6.07) is 7.20. The lowest BCUT2D eigenvalue weighted by Crippen LogP contribution is -2.15. The first-order valence-electron chi connectivity index (χ1n) is 8.17. The van der Waals surface area contributed by atoms with Crippen molar-refractivity contribution >= 4 is 23.5 Å². The summed E-state index contributed by atoms with van der Waals surface area (Å²) in [5, 5.41) is 10.1. The van der Waals surface area contributed by atoms with E-state index in [0.717, 1.165) is 28.5 Å². The average molecular weight is 367 g/mol. The van der Waals surface area contributed by atoms with Gasteiger partial charge in [-0.3, -0.25) is 0 Å². The van der Waals surface area contributed by atoms with E-state index >= 15 is 0 Å². The summed E-state index contributed by atoms with van der Waals surface area (Å²) in [5.41, 5.74) is 6.94. The van der Waals surface area contributed by atoms with Gasteiger partial charge in [0.2, 0.25) is 0 Å². The van der Waals surface area contributed by atoms with E-state index < -0.39 is 6.09 Å². The highest BCUT2D eigenvalue weighted by Gasteiger charge is 2.32. The van der Waals surface area contributed by atoms with Gasteiger partial charge in [0, 0.05) is 22.9 Å². The third-order valence-corrected chi connectivity index (χ3v) is 5.11. The summed E-state index contributed by atoms with van der Waals surface area (Å²) in [4.78, 5) is 19.9. The highest BCUT2D eigenvalue weighted by molar-refractivity contribution is 7.99. The second-order valence-electron chi connectivity index (χ2n) is 5.89. The van der Waals surface area contributed by atoms with Gasteiger partial charge in [-0.15, -0.1) is 0 Å². The average Bonchev–Trinajstić information content (AvgIpc) is 3.42. The smallest absolute Gasteiger partial charge is 0.404 e. The Balaban J connectivity index is 2.00. The number of imidazole rings is 1. The van der Waals surface area contributed by atoms with Crippen molar-refractivity contribution in [3.8, 4) is 6.07 Å². The Hall–Kier alpha value is -2.97. The van der Waals surface area contributed by atoms with Crippen molar-refractivity contribution in [2.24, 2.45) is 5.73 Å². The number of amides is 1. The second-order valence-corrected chi connectivity index (χ2v) is 6.95. The van der Waals surface area contributed by atoms with Crippen LogP contribution in [0, 0.1) is 17.9 Å². The fourth-order valence-corrected chi connectivity index (χ4v) is 3.94. The Morgan fingerprint density at radius 2 is 2.31 bits per heavy atom. The maximum atomic E-state index is 10.9. The van der Waals surface area contributed by atoms with Gasteiger partial charge in [-0.25, -0.2) is 14.6 Å². The highest BCUT2D eigenvalue weighted by Crippen LogP contribution is 2.46. The largest absolute Gasteiger partial charge is 0.442 e. The van der Waals surface area contributed by atoms with Crippen LogP contribution in [0.2, 0.25) is 0 Å². The van der Waals surface area contributed by atoms with Crippen LogP contribution in [-0.2, 0) is 17.9 Å². The molecule has 1 aliphatic carbocycles. The third kappa shape index (κ3) is 3.81. The lowest BCUT2D eigenvalue weighted by atomic mass is 10.2. The zero-order chi connectivity index (χ0) is 18.7. The van der Waals surface area contributed by atoms with Crippen LogP contribution >= 0.6 is 11.8 Å². The van der Waals surface area contributed by atoms with Crippen molar-refractivity contribution in [1.29, 1.82) is 5.26 Å². The molecule has 1 heterocycles. The molecule has 0 aliphatic heterocycles. The molecular weight excluding hydrogens is 350 g/mol. The van der Waals surface area contributed by atoms with Crippen molar-refractivity contribution in [1.82, 2.24) is 9.55 Å². The van der Waals surface area contributed by atoms with E-state index in [4.69, 9.17) is 17.0 Å². The molecule has 0 atom stereocenters. The molecule has 26 heavy (non-hydrogen) atoms. The molecule has 0 bridgehead atoms. The predicted molar refractivity (Wildman–Crippen MR) is 95.8 cm³/mol. The van der Waals surface area contributed by atoms with E-state index in [9.17, 15) is 10.1 Å². The van der Waals surface area contributed by atoms with E-state index in [1.807, 2.05) is 11.5 Å². The molecule has 3 rings (SSSR count). The molecule has 0 radical (unpaired) electrons. The highest BCUT2D eigenvalue weighted by atomic mass is 32.2. The first kappa shape index (κ1) is 17.8. The summed E-state index contributed by atoms with van der Waals surface area (Å²) >= 11 is 1.48. The fraction of sp³-hybridized carbons (Fsp3) is 0.333. The first-order chi connectivity index (χ1) is 12.5. The lowest BCUT2D eigenvalue weighted by Gasteiger charge is -2.10. The normalized spacial score (nSPS) is 13.0. The number of nitrogens with two attached hydrogens (primary N) is 1. The van der Waals surface area contributed by atoms with Crippen molar-refractivity contribution < 1.29 is 9.53 Å². The van der Waals surface area contributed by atoms with E-state index in [1.54, 1.807) is 18.2 Å². The number of hydrogen-bond acceptors (Lipinski definition) is 5. The quantitative estimate of drug-likeness (QED) is 0.780. The molecule has 1 fully saturated rings. The number of nitriles is 1. The molecule has 1 aromatic heterocycles. The molecule has 1 amide bonds. The number of benzene rings is 1. The molecule has 2 N–H and O–H groups in total. The van der Waals surface area contributed by atoms with Gasteiger partial charge >= 0.3 is 6.09 Å². The summed E-state index contributed by atoms with van der Waals surface area (Å²) in [6.07, 6.45) is 1.33. The molecule has 8 heteroatoms. The minimum atomic E-state index is -0.832. The molecule has 7 nitrogen and oxygen atoms in total. The number of ether oxygens (including phenoxy) is 1. The van der Waals surface area contributed by atoms with E-state index in [1.165, 1.54) is 11.8 Å². The SMILES string of the molecule is [C-]#[N+]c1cc(C#N)cc(Sc2c(C3CC3)nc(COC(N)=O)n2CC)c1. The minimum absolute atomic E-state index is 0.0228. The van der Waals surface area contributed by atoms with E-state index in [2.05, 4.69) is 15.9 Å². The van der Waals surface area contributed by atoms with Crippen LogP contribution in [-0.4, -0.2) is 15.6 Å². The Morgan fingerprint density at radius 1 is 1.54 bits per heavy atom. The number of carbonyl (C=O) groups is 1. The van der Waals surface area contributed by atoms with Gasteiger partial charge in [-0.2, -0.15) is 5.26 Å².